The molecule has 0 aliphatic rings. The predicted molar refractivity (Wildman–Crippen MR) is 60.5 cm³/mol. The van der Waals surface area contributed by atoms with Crippen molar-refractivity contribution in [3.63, 3.8) is 0 Å². The highest BCUT2D eigenvalue weighted by Crippen LogP contribution is 2.20. The second kappa shape index (κ2) is 5.74. The van der Waals surface area contributed by atoms with Crippen molar-refractivity contribution in [3.05, 3.63) is 29.6 Å². The fraction of sp³-hybridized carbons (Fsp3) is 0.100. The molecule has 1 rings (SSSR count). The summed E-state index contributed by atoms with van der Waals surface area (Å²) in [5, 5.41) is 19.9. The van der Waals surface area contributed by atoms with Crippen LogP contribution in [0.3, 0.4) is 0 Å². The van der Waals surface area contributed by atoms with E-state index < -0.39 is 5.82 Å². The molecule has 80 valence electrons. The Labute approximate surface area is 96.4 Å². The minimum Gasteiger partial charge on any atom is -0.271 e. The molecule has 0 atom stereocenters. The number of nitriles is 2. The lowest BCUT2D eigenvalue weighted by Gasteiger charge is -2.01. The van der Waals surface area contributed by atoms with Crippen LogP contribution in [0.1, 0.15) is 5.56 Å². The Hall–Kier alpha value is -2.05. The summed E-state index contributed by atoms with van der Waals surface area (Å²) in [6.07, 6.45) is 3.46. The van der Waals surface area contributed by atoms with Gasteiger partial charge in [-0.05, 0) is 24.5 Å². The Kier molecular flexibility index (Phi) is 4.31. The SMILES string of the molecule is CSC(=Nc1ccc(F)cc1C#N)NC#N. The van der Waals surface area contributed by atoms with Gasteiger partial charge in [0, 0.05) is 0 Å². The van der Waals surface area contributed by atoms with Crippen molar-refractivity contribution in [2.45, 2.75) is 0 Å². The Morgan fingerprint density at radius 3 is 2.81 bits per heavy atom. The molecule has 0 aliphatic carbocycles. The van der Waals surface area contributed by atoms with Gasteiger partial charge in [0.05, 0.1) is 11.3 Å². The summed E-state index contributed by atoms with van der Waals surface area (Å²) in [4.78, 5) is 4.04. The molecule has 0 aliphatic heterocycles. The van der Waals surface area contributed by atoms with E-state index in [1.807, 2.05) is 6.07 Å². The van der Waals surface area contributed by atoms with Crippen molar-refractivity contribution in [1.29, 1.82) is 10.5 Å². The molecule has 0 aromatic heterocycles. The number of halogens is 1. The van der Waals surface area contributed by atoms with E-state index >= 15 is 0 Å². The molecule has 4 nitrogen and oxygen atoms in total. The Morgan fingerprint density at radius 2 is 2.25 bits per heavy atom. The fourth-order valence-electron chi connectivity index (χ4n) is 0.977. The van der Waals surface area contributed by atoms with E-state index in [0.717, 1.165) is 6.07 Å². The second-order valence-electron chi connectivity index (χ2n) is 2.63. The molecule has 0 heterocycles. The average Bonchev–Trinajstić information content (AvgIpc) is 2.30. The molecule has 1 N–H and O–H groups in total. The third-order valence-electron chi connectivity index (χ3n) is 1.66. The van der Waals surface area contributed by atoms with Crippen molar-refractivity contribution in [2.24, 2.45) is 4.99 Å². The average molecular weight is 234 g/mol. The van der Waals surface area contributed by atoms with Gasteiger partial charge in [0.25, 0.3) is 0 Å². The first kappa shape index (κ1) is 12.0. The van der Waals surface area contributed by atoms with Crippen molar-refractivity contribution in [2.75, 3.05) is 6.26 Å². The summed E-state index contributed by atoms with van der Waals surface area (Å²) in [5.74, 6) is -0.491. The summed E-state index contributed by atoms with van der Waals surface area (Å²) in [6, 6.07) is 5.55. The molecule has 1 aromatic carbocycles. The lowest BCUT2D eigenvalue weighted by Crippen LogP contribution is -2.12. The van der Waals surface area contributed by atoms with E-state index in [9.17, 15) is 4.39 Å². The van der Waals surface area contributed by atoms with E-state index in [1.165, 1.54) is 23.9 Å². The van der Waals surface area contributed by atoms with Crippen molar-refractivity contribution in [1.82, 2.24) is 5.32 Å². The monoisotopic (exact) mass is 234 g/mol. The molecule has 0 radical (unpaired) electrons. The van der Waals surface area contributed by atoms with Gasteiger partial charge in [0.2, 0.25) is 0 Å². The molecule has 6 heteroatoms. The number of amidine groups is 1. The lowest BCUT2D eigenvalue weighted by molar-refractivity contribution is 0.627. The van der Waals surface area contributed by atoms with E-state index in [2.05, 4.69) is 10.3 Å². The number of aliphatic imine (C=N–C) groups is 1. The van der Waals surface area contributed by atoms with Crippen LogP contribution in [0.4, 0.5) is 10.1 Å². The van der Waals surface area contributed by atoms with Gasteiger partial charge in [0.1, 0.15) is 11.9 Å². The highest BCUT2D eigenvalue weighted by atomic mass is 32.2. The summed E-state index contributed by atoms with van der Waals surface area (Å²) in [7, 11) is 0. The number of hydrogen-bond donors (Lipinski definition) is 1. The van der Waals surface area contributed by atoms with Crippen LogP contribution in [0.25, 0.3) is 0 Å². The van der Waals surface area contributed by atoms with Crippen LogP contribution in [0.15, 0.2) is 23.2 Å². The Balaban J connectivity index is 3.15. The minimum atomic E-state index is -0.491. The standard InChI is InChI=1S/C10H7FN4S/c1-16-10(14-6-13)15-9-3-2-8(11)4-7(9)5-12/h2-4H,1H3,(H,14,15). The van der Waals surface area contributed by atoms with Crippen LogP contribution in [0, 0.1) is 28.6 Å². The molecule has 1 aromatic rings. The molecule has 0 fully saturated rings. The maximum atomic E-state index is 12.8. The van der Waals surface area contributed by atoms with Crippen molar-refractivity contribution < 1.29 is 4.39 Å². The Morgan fingerprint density at radius 1 is 1.50 bits per heavy atom. The first-order valence-corrected chi connectivity index (χ1v) is 5.41. The van der Waals surface area contributed by atoms with Gasteiger partial charge in [-0.15, -0.1) is 0 Å². The van der Waals surface area contributed by atoms with Crippen LogP contribution in [0.5, 0.6) is 0 Å². The highest BCUT2D eigenvalue weighted by Gasteiger charge is 2.04. The first-order chi connectivity index (χ1) is 7.71. The molecule has 0 amide bonds. The van der Waals surface area contributed by atoms with Crippen LogP contribution in [-0.2, 0) is 0 Å². The van der Waals surface area contributed by atoms with Crippen LogP contribution >= 0.6 is 11.8 Å². The maximum absolute atomic E-state index is 12.8. The van der Waals surface area contributed by atoms with Crippen LogP contribution in [-0.4, -0.2) is 11.4 Å². The maximum Gasteiger partial charge on any atom is 0.183 e. The zero-order valence-electron chi connectivity index (χ0n) is 8.36. The normalized spacial score (nSPS) is 10.4. The Bertz CT molecular complexity index is 499. The minimum absolute atomic E-state index is 0.131. The summed E-state index contributed by atoms with van der Waals surface area (Å²) in [5.41, 5.74) is 0.460. The largest absolute Gasteiger partial charge is 0.271 e. The summed E-state index contributed by atoms with van der Waals surface area (Å²) in [6.45, 7) is 0. The van der Waals surface area contributed by atoms with Gasteiger partial charge >= 0.3 is 0 Å². The quantitative estimate of drug-likeness (QED) is 0.349. The number of thioether (sulfide) groups is 1. The third-order valence-corrected chi connectivity index (χ3v) is 2.24. The number of rotatable bonds is 1. The van der Waals surface area contributed by atoms with E-state index in [4.69, 9.17) is 10.5 Å². The zero-order chi connectivity index (χ0) is 12.0. The molecule has 0 bridgehead atoms. The summed E-state index contributed by atoms with van der Waals surface area (Å²) < 4.78 is 12.8. The van der Waals surface area contributed by atoms with Gasteiger partial charge in [-0.25, -0.2) is 9.38 Å². The van der Waals surface area contributed by atoms with Gasteiger partial charge < -0.3 is 0 Å². The highest BCUT2D eigenvalue weighted by molar-refractivity contribution is 8.13. The molecule has 0 saturated carbocycles. The van der Waals surface area contributed by atoms with E-state index in [0.29, 0.717) is 10.9 Å². The van der Waals surface area contributed by atoms with Crippen molar-refractivity contribution in [3.8, 4) is 12.3 Å². The third kappa shape index (κ3) is 2.97. The van der Waals surface area contributed by atoms with Crippen LogP contribution in [0.2, 0.25) is 0 Å². The molecular formula is C10H7FN4S. The van der Waals surface area contributed by atoms with Crippen LogP contribution < -0.4 is 5.32 Å². The van der Waals surface area contributed by atoms with Gasteiger partial charge in [-0.3, -0.25) is 5.32 Å². The number of benzene rings is 1. The van der Waals surface area contributed by atoms with E-state index in [1.54, 1.807) is 12.4 Å². The molecule has 0 unspecified atom stereocenters. The topological polar surface area (TPSA) is 72.0 Å². The first-order valence-electron chi connectivity index (χ1n) is 4.18. The predicted octanol–water partition coefficient (Wildman–Crippen LogP) is 2.12. The second-order valence-corrected chi connectivity index (χ2v) is 3.43. The van der Waals surface area contributed by atoms with Gasteiger partial charge in [0.15, 0.2) is 11.4 Å². The number of nitrogens with one attached hydrogen (secondary N) is 1. The molecular weight excluding hydrogens is 227 g/mol. The van der Waals surface area contributed by atoms with E-state index in [-0.39, 0.29) is 5.56 Å². The lowest BCUT2D eigenvalue weighted by atomic mass is 10.2. The van der Waals surface area contributed by atoms with Gasteiger partial charge in [-0.1, -0.05) is 11.8 Å². The molecule has 16 heavy (non-hydrogen) atoms. The number of hydrogen-bond acceptors (Lipinski definition) is 4. The molecule has 0 spiro atoms. The summed E-state index contributed by atoms with van der Waals surface area (Å²) >= 11 is 1.23. The van der Waals surface area contributed by atoms with Crippen molar-refractivity contribution >= 4 is 22.6 Å². The zero-order valence-corrected chi connectivity index (χ0v) is 9.18. The fourth-order valence-corrected chi connectivity index (χ4v) is 1.31. The van der Waals surface area contributed by atoms with Gasteiger partial charge in [-0.2, -0.15) is 10.5 Å². The number of nitrogens with zero attached hydrogens (tertiary/aromatic N) is 3. The molecule has 0 saturated heterocycles. The smallest absolute Gasteiger partial charge is 0.183 e.